The van der Waals surface area contributed by atoms with Crippen molar-refractivity contribution in [1.29, 1.82) is 0 Å². The summed E-state index contributed by atoms with van der Waals surface area (Å²) in [6.45, 7) is 5.37. The molecule has 0 bridgehead atoms. The van der Waals surface area contributed by atoms with Gasteiger partial charge in [0.1, 0.15) is 0 Å². The Morgan fingerprint density at radius 1 is 0.964 bits per heavy atom. The second-order valence-corrected chi connectivity index (χ2v) is 5.97. The number of aliphatic imine (C=N–C) groups is 1. The standard InChI is InChI=1S/C21H29N3O3.HI/c1-6-22-21(24-15(2)16-10-8-7-9-11-16)23-14-17-12-13-18(25-3)20(27-5)19(17)26-4;/h7-13,15H,6,14H2,1-5H3,(H2,22,23,24);1H. The Morgan fingerprint density at radius 3 is 2.21 bits per heavy atom. The number of hydrogen-bond donors (Lipinski definition) is 2. The van der Waals surface area contributed by atoms with Gasteiger partial charge in [-0.25, -0.2) is 4.99 Å². The van der Waals surface area contributed by atoms with Gasteiger partial charge in [0, 0.05) is 12.1 Å². The first-order valence-corrected chi connectivity index (χ1v) is 9.02. The second-order valence-electron chi connectivity index (χ2n) is 5.97. The largest absolute Gasteiger partial charge is 0.493 e. The molecule has 2 aromatic carbocycles. The van der Waals surface area contributed by atoms with E-state index in [1.165, 1.54) is 5.56 Å². The fourth-order valence-electron chi connectivity index (χ4n) is 2.80. The molecule has 2 aromatic rings. The number of methoxy groups -OCH3 is 3. The van der Waals surface area contributed by atoms with Crippen LogP contribution in [0.4, 0.5) is 0 Å². The Kier molecular flexibility index (Phi) is 10.5. The molecule has 0 fully saturated rings. The fourth-order valence-corrected chi connectivity index (χ4v) is 2.80. The Labute approximate surface area is 184 Å². The molecule has 0 aliphatic rings. The van der Waals surface area contributed by atoms with Gasteiger partial charge in [-0.05, 0) is 31.5 Å². The third kappa shape index (κ3) is 6.19. The van der Waals surface area contributed by atoms with Gasteiger partial charge < -0.3 is 24.8 Å². The number of nitrogens with zero attached hydrogens (tertiary/aromatic N) is 1. The monoisotopic (exact) mass is 499 g/mol. The molecule has 0 spiro atoms. The fraction of sp³-hybridized carbons (Fsp3) is 0.381. The highest BCUT2D eigenvalue weighted by Crippen LogP contribution is 2.39. The van der Waals surface area contributed by atoms with Gasteiger partial charge in [0.2, 0.25) is 5.75 Å². The Bertz CT molecular complexity index is 754. The number of benzene rings is 2. The van der Waals surface area contributed by atoms with Gasteiger partial charge >= 0.3 is 0 Å². The Morgan fingerprint density at radius 2 is 1.64 bits per heavy atom. The van der Waals surface area contributed by atoms with Crippen molar-refractivity contribution in [2.24, 2.45) is 4.99 Å². The van der Waals surface area contributed by atoms with Crippen LogP contribution >= 0.6 is 24.0 Å². The van der Waals surface area contributed by atoms with Gasteiger partial charge in [-0.2, -0.15) is 0 Å². The predicted octanol–water partition coefficient (Wildman–Crippen LogP) is 4.15. The van der Waals surface area contributed by atoms with Crippen molar-refractivity contribution in [3.8, 4) is 17.2 Å². The highest BCUT2D eigenvalue weighted by atomic mass is 127. The quantitative estimate of drug-likeness (QED) is 0.325. The Hall–Kier alpha value is -2.16. The van der Waals surface area contributed by atoms with Gasteiger partial charge in [0.15, 0.2) is 17.5 Å². The van der Waals surface area contributed by atoms with Crippen molar-refractivity contribution >= 4 is 29.9 Å². The molecule has 0 aliphatic heterocycles. The number of hydrogen-bond acceptors (Lipinski definition) is 4. The van der Waals surface area contributed by atoms with Gasteiger partial charge in [-0.15, -0.1) is 24.0 Å². The first kappa shape index (κ1) is 23.9. The average Bonchev–Trinajstić information content (AvgIpc) is 2.71. The van der Waals surface area contributed by atoms with Crippen LogP contribution in [0, 0.1) is 0 Å². The summed E-state index contributed by atoms with van der Waals surface area (Å²) in [5, 5.41) is 6.72. The SMILES string of the molecule is CCNC(=NCc1ccc(OC)c(OC)c1OC)NC(C)c1ccccc1.I. The maximum absolute atomic E-state index is 5.54. The smallest absolute Gasteiger partial charge is 0.203 e. The average molecular weight is 499 g/mol. The minimum absolute atomic E-state index is 0. The summed E-state index contributed by atoms with van der Waals surface area (Å²) in [5.74, 6) is 2.58. The van der Waals surface area contributed by atoms with E-state index >= 15 is 0 Å². The minimum Gasteiger partial charge on any atom is -0.493 e. The number of guanidine groups is 1. The summed E-state index contributed by atoms with van der Waals surface area (Å²) in [5.41, 5.74) is 2.12. The van der Waals surface area contributed by atoms with Crippen LogP contribution < -0.4 is 24.8 Å². The molecule has 2 rings (SSSR count). The summed E-state index contributed by atoms with van der Waals surface area (Å²) in [6, 6.07) is 14.2. The van der Waals surface area contributed by atoms with Crippen LogP contribution in [0.25, 0.3) is 0 Å². The van der Waals surface area contributed by atoms with E-state index in [2.05, 4.69) is 29.7 Å². The van der Waals surface area contributed by atoms with E-state index in [1.807, 2.05) is 37.3 Å². The molecule has 7 heteroatoms. The lowest BCUT2D eigenvalue weighted by molar-refractivity contribution is 0.322. The first-order valence-electron chi connectivity index (χ1n) is 9.02. The maximum atomic E-state index is 5.54. The molecule has 0 amide bonds. The molecule has 28 heavy (non-hydrogen) atoms. The van der Waals surface area contributed by atoms with E-state index in [-0.39, 0.29) is 30.0 Å². The van der Waals surface area contributed by atoms with E-state index in [9.17, 15) is 0 Å². The van der Waals surface area contributed by atoms with Crippen LogP contribution in [0.3, 0.4) is 0 Å². The highest BCUT2D eigenvalue weighted by Gasteiger charge is 2.16. The lowest BCUT2D eigenvalue weighted by Gasteiger charge is -2.19. The van der Waals surface area contributed by atoms with Gasteiger partial charge in [-0.3, -0.25) is 0 Å². The maximum Gasteiger partial charge on any atom is 0.203 e. The van der Waals surface area contributed by atoms with Crippen LogP contribution in [-0.4, -0.2) is 33.8 Å². The predicted molar refractivity (Wildman–Crippen MR) is 124 cm³/mol. The summed E-state index contributed by atoms with van der Waals surface area (Å²) in [6.07, 6.45) is 0. The Balaban J connectivity index is 0.00000392. The van der Waals surface area contributed by atoms with Gasteiger partial charge in [-0.1, -0.05) is 30.3 Å². The summed E-state index contributed by atoms with van der Waals surface area (Å²) >= 11 is 0. The minimum atomic E-state index is 0. The molecule has 1 unspecified atom stereocenters. The summed E-state index contributed by atoms with van der Waals surface area (Å²) in [7, 11) is 4.82. The summed E-state index contributed by atoms with van der Waals surface area (Å²) < 4.78 is 16.3. The third-order valence-corrected chi connectivity index (χ3v) is 4.19. The van der Waals surface area contributed by atoms with Crippen molar-refractivity contribution in [3.63, 3.8) is 0 Å². The first-order chi connectivity index (χ1) is 13.1. The van der Waals surface area contributed by atoms with Crippen molar-refractivity contribution < 1.29 is 14.2 Å². The number of rotatable bonds is 8. The lowest BCUT2D eigenvalue weighted by Crippen LogP contribution is -2.38. The number of ether oxygens (including phenoxy) is 3. The lowest BCUT2D eigenvalue weighted by atomic mass is 10.1. The molecule has 0 aromatic heterocycles. The van der Waals surface area contributed by atoms with Gasteiger partial charge in [0.25, 0.3) is 0 Å². The molecule has 0 aliphatic carbocycles. The van der Waals surface area contributed by atoms with E-state index in [4.69, 9.17) is 19.2 Å². The van der Waals surface area contributed by atoms with Crippen molar-refractivity contribution in [3.05, 3.63) is 53.6 Å². The third-order valence-electron chi connectivity index (χ3n) is 4.19. The van der Waals surface area contributed by atoms with Crippen LogP contribution in [0.1, 0.15) is 31.0 Å². The van der Waals surface area contributed by atoms with Crippen LogP contribution in [0.15, 0.2) is 47.5 Å². The van der Waals surface area contributed by atoms with Crippen molar-refractivity contribution in [1.82, 2.24) is 10.6 Å². The molecule has 0 saturated carbocycles. The molecule has 6 nitrogen and oxygen atoms in total. The summed E-state index contributed by atoms with van der Waals surface area (Å²) in [4.78, 5) is 4.71. The number of nitrogens with one attached hydrogen (secondary N) is 2. The zero-order valence-electron chi connectivity index (χ0n) is 17.1. The zero-order valence-corrected chi connectivity index (χ0v) is 19.4. The van der Waals surface area contributed by atoms with E-state index in [0.29, 0.717) is 23.8 Å². The van der Waals surface area contributed by atoms with Crippen LogP contribution in [0.2, 0.25) is 0 Å². The molecule has 2 N–H and O–H groups in total. The molecule has 154 valence electrons. The van der Waals surface area contributed by atoms with E-state index in [0.717, 1.165) is 18.1 Å². The van der Waals surface area contributed by atoms with Crippen LogP contribution in [-0.2, 0) is 6.54 Å². The molecular weight excluding hydrogens is 469 g/mol. The number of halogens is 1. The topological polar surface area (TPSA) is 64.1 Å². The molecule has 0 heterocycles. The van der Waals surface area contributed by atoms with Crippen molar-refractivity contribution in [2.45, 2.75) is 26.4 Å². The molecule has 1 atom stereocenters. The normalized spacial score (nSPS) is 11.8. The highest BCUT2D eigenvalue weighted by molar-refractivity contribution is 14.0. The van der Waals surface area contributed by atoms with Crippen LogP contribution in [0.5, 0.6) is 17.2 Å². The second kappa shape index (κ2) is 12.3. The molecule has 0 radical (unpaired) electrons. The molecular formula is C21H30IN3O3. The molecule has 0 saturated heterocycles. The van der Waals surface area contributed by atoms with E-state index in [1.54, 1.807) is 21.3 Å². The van der Waals surface area contributed by atoms with Gasteiger partial charge in [0.05, 0.1) is 33.9 Å². The zero-order chi connectivity index (χ0) is 19.6. The van der Waals surface area contributed by atoms with Crippen molar-refractivity contribution in [2.75, 3.05) is 27.9 Å². The van der Waals surface area contributed by atoms with E-state index < -0.39 is 0 Å².